The van der Waals surface area contributed by atoms with Crippen molar-refractivity contribution >= 4 is 5.78 Å². The summed E-state index contributed by atoms with van der Waals surface area (Å²) in [5, 5.41) is 0. The number of hydrogen-bond acceptors (Lipinski definition) is 1. The van der Waals surface area contributed by atoms with Gasteiger partial charge in [-0.25, -0.2) is 0 Å². The van der Waals surface area contributed by atoms with Crippen molar-refractivity contribution in [1.29, 1.82) is 0 Å². The summed E-state index contributed by atoms with van der Waals surface area (Å²) in [5.74, 6) is 0.808. The number of hydrogen-bond donors (Lipinski definition) is 0. The molecule has 0 aromatic carbocycles. The summed E-state index contributed by atoms with van der Waals surface area (Å²) in [6, 6.07) is 0. The molecule has 0 aliphatic carbocycles. The van der Waals surface area contributed by atoms with Gasteiger partial charge in [0.05, 0.1) is 0 Å². The van der Waals surface area contributed by atoms with Crippen molar-refractivity contribution in [2.24, 2.45) is 5.92 Å². The Morgan fingerprint density at radius 1 is 1.29 bits per heavy atom. The lowest BCUT2D eigenvalue weighted by Crippen LogP contribution is -1.90. The molecule has 80 valence electrons. The number of ketones is 1. The van der Waals surface area contributed by atoms with Gasteiger partial charge in [0.25, 0.3) is 0 Å². The molecule has 0 aliphatic rings. The second-order valence-corrected chi connectivity index (χ2v) is 4.17. The molecule has 0 spiro atoms. The van der Waals surface area contributed by atoms with E-state index in [2.05, 4.69) is 32.9 Å². The second-order valence-electron chi connectivity index (χ2n) is 4.17. The molecule has 0 N–H and O–H groups in total. The van der Waals surface area contributed by atoms with Crippen LogP contribution < -0.4 is 0 Å². The molecule has 1 heteroatoms. The van der Waals surface area contributed by atoms with Crippen LogP contribution in [0.25, 0.3) is 0 Å². The number of rotatable bonds is 6. The van der Waals surface area contributed by atoms with Crippen molar-refractivity contribution < 1.29 is 4.79 Å². The molecule has 0 amide bonds. The summed E-state index contributed by atoms with van der Waals surface area (Å²) in [5.41, 5.74) is 1.38. The predicted octanol–water partition coefficient (Wildman–Crippen LogP) is 3.90. The molecule has 1 unspecified atom stereocenters. The fourth-order valence-corrected chi connectivity index (χ4v) is 1.20. The molecule has 0 saturated heterocycles. The number of carbonyl (C=O) groups excluding carboxylic acids is 1. The normalized spacial score (nSPS) is 12.9. The Bertz CT molecular complexity index is 219. The van der Waals surface area contributed by atoms with E-state index in [0.717, 1.165) is 6.42 Å². The zero-order chi connectivity index (χ0) is 11.0. The Morgan fingerprint density at radius 2 is 1.93 bits per heavy atom. The van der Waals surface area contributed by atoms with E-state index in [9.17, 15) is 4.79 Å². The molecular formula is C13H22O. The molecule has 0 radical (unpaired) electrons. The van der Waals surface area contributed by atoms with Gasteiger partial charge in [-0.1, -0.05) is 30.7 Å². The molecular weight excluding hydrogens is 172 g/mol. The van der Waals surface area contributed by atoms with Gasteiger partial charge in [-0.2, -0.15) is 0 Å². The van der Waals surface area contributed by atoms with Crippen molar-refractivity contribution in [3.05, 3.63) is 23.8 Å². The molecule has 0 rings (SSSR count). The van der Waals surface area contributed by atoms with Crippen molar-refractivity contribution in [2.75, 3.05) is 0 Å². The minimum absolute atomic E-state index is 0.234. The summed E-state index contributed by atoms with van der Waals surface area (Å²) in [6.45, 7) is 8.06. The van der Waals surface area contributed by atoms with Gasteiger partial charge in [0.15, 0.2) is 0 Å². The van der Waals surface area contributed by atoms with Crippen molar-refractivity contribution in [3.63, 3.8) is 0 Å². The SMILES string of the molecule is CC(=O)C/C=C/C(C)CCC=C(C)C. The summed E-state index contributed by atoms with van der Waals surface area (Å²) < 4.78 is 0. The van der Waals surface area contributed by atoms with Gasteiger partial charge in [0.1, 0.15) is 5.78 Å². The van der Waals surface area contributed by atoms with Gasteiger partial charge < -0.3 is 0 Å². The van der Waals surface area contributed by atoms with E-state index >= 15 is 0 Å². The average Bonchev–Trinajstić information content (AvgIpc) is 2.02. The van der Waals surface area contributed by atoms with Crippen LogP contribution in [0.15, 0.2) is 23.8 Å². The molecule has 0 aliphatic heterocycles. The zero-order valence-corrected chi connectivity index (χ0v) is 9.84. The number of Topliss-reactive ketones (excluding diaryl/α,β-unsaturated/α-hetero) is 1. The van der Waals surface area contributed by atoms with Gasteiger partial charge in [0, 0.05) is 6.42 Å². The number of allylic oxidation sites excluding steroid dienone is 4. The largest absolute Gasteiger partial charge is 0.300 e. The Morgan fingerprint density at radius 3 is 2.43 bits per heavy atom. The van der Waals surface area contributed by atoms with Crippen LogP contribution >= 0.6 is 0 Å². The summed E-state index contributed by atoms with van der Waals surface area (Å²) in [6.07, 6.45) is 9.26. The highest BCUT2D eigenvalue weighted by atomic mass is 16.1. The average molecular weight is 194 g/mol. The first-order chi connectivity index (χ1) is 6.52. The van der Waals surface area contributed by atoms with E-state index in [1.165, 1.54) is 12.0 Å². The molecule has 1 nitrogen and oxygen atoms in total. The third-order valence-electron chi connectivity index (χ3n) is 2.04. The minimum atomic E-state index is 0.234. The first-order valence-corrected chi connectivity index (χ1v) is 5.32. The van der Waals surface area contributed by atoms with Crippen LogP contribution in [0.3, 0.4) is 0 Å². The van der Waals surface area contributed by atoms with Gasteiger partial charge in [0.2, 0.25) is 0 Å². The van der Waals surface area contributed by atoms with E-state index in [1.54, 1.807) is 6.92 Å². The lowest BCUT2D eigenvalue weighted by molar-refractivity contribution is -0.116. The van der Waals surface area contributed by atoms with Crippen LogP contribution in [0.1, 0.15) is 47.0 Å². The predicted molar refractivity (Wildman–Crippen MR) is 62.3 cm³/mol. The fraction of sp³-hybridized carbons (Fsp3) is 0.615. The molecule has 0 fully saturated rings. The Balaban J connectivity index is 3.64. The smallest absolute Gasteiger partial charge is 0.133 e. The van der Waals surface area contributed by atoms with Crippen LogP contribution in [-0.2, 0) is 4.79 Å². The maximum Gasteiger partial charge on any atom is 0.133 e. The van der Waals surface area contributed by atoms with Gasteiger partial charge >= 0.3 is 0 Å². The van der Waals surface area contributed by atoms with E-state index in [4.69, 9.17) is 0 Å². The topological polar surface area (TPSA) is 17.1 Å². The highest BCUT2D eigenvalue weighted by Crippen LogP contribution is 2.09. The van der Waals surface area contributed by atoms with Crippen LogP contribution in [0.5, 0.6) is 0 Å². The molecule has 0 bridgehead atoms. The van der Waals surface area contributed by atoms with Crippen molar-refractivity contribution in [2.45, 2.75) is 47.0 Å². The second kappa shape index (κ2) is 7.54. The monoisotopic (exact) mass is 194 g/mol. The van der Waals surface area contributed by atoms with Crippen molar-refractivity contribution in [1.82, 2.24) is 0 Å². The quantitative estimate of drug-likeness (QED) is 0.586. The Hall–Kier alpha value is -0.850. The van der Waals surface area contributed by atoms with Crippen LogP contribution in [0.2, 0.25) is 0 Å². The molecule has 14 heavy (non-hydrogen) atoms. The highest BCUT2D eigenvalue weighted by molar-refractivity contribution is 5.76. The Labute approximate surface area is 87.9 Å². The first-order valence-electron chi connectivity index (χ1n) is 5.32. The minimum Gasteiger partial charge on any atom is -0.300 e. The van der Waals surface area contributed by atoms with Crippen LogP contribution in [-0.4, -0.2) is 5.78 Å². The fourth-order valence-electron chi connectivity index (χ4n) is 1.20. The number of carbonyl (C=O) groups is 1. The van der Waals surface area contributed by atoms with Crippen LogP contribution in [0.4, 0.5) is 0 Å². The van der Waals surface area contributed by atoms with E-state index in [1.807, 2.05) is 6.08 Å². The maximum absolute atomic E-state index is 10.7. The molecule has 0 aromatic heterocycles. The Kier molecular flexibility index (Phi) is 7.09. The third-order valence-corrected chi connectivity index (χ3v) is 2.04. The standard InChI is InChI=1S/C13H22O/c1-11(2)7-5-8-12(3)9-6-10-13(4)14/h6-7,9,12H,5,8,10H2,1-4H3/b9-6+. The molecule has 0 saturated carbocycles. The summed E-state index contributed by atoms with van der Waals surface area (Å²) >= 11 is 0. The molecule has 0 heterocycles. The van der Waals surface area contributed by atoms with Crippen LogP contribution in [0, 0.1) is 5.92 Å². The maximum atomic E-state index is 10.7. The summed E-state index contributed by atoms with van der Waals surface area (Å²) in [4.78, 5) is 10.7. The highest BCUT2D eigenvalue weighted by Gasteiger charge is 1.95. The van der Waals surface area contributed by atoms with E-state index in [0.29, 0.717) is 12.3 Å². The van der Waals surface area contributed by atoms with Gasteiger partial charge in [-0.05, 0) is 39.5 Å². The van der Waals surface area contributed by atoms with Gasteiger partial charge in [-0.15, -0.1) is 0 Å². The zero-order valence-electron chi connectivity index (χ0n) is 9.84. The third kappa shape index (κ3) is 9.24. The molecule has 0 aromatic rings. The van der Waals surface area contributed by atoms with Crippen molar-refractivity contribution in [3.8, 4) is 0 Å². The van der Waals surface area contributed by atoms with Gasteiger partial charge in [-0.3, -0.25) is 4.79 Å². The first kappa shape index (κ1) is 13.2. The summed E-state index contributed by atoms with van der Waals surface area (Å²) in [7, 11) is 0. The van der Waals surface area contributed by atoms with E-state index < -0.39 is 0 Å². The van der Waals surface area contributed by atoms with E-state index in [-0.39, 0.29) is 5.78 Å². The molecule has 1 atom stereocenters. The lowest BCUT2D eigenvalue weighted by atomic mass is 10.0. The lowest BCUT2D eigenvalue weighted by Gasteiger charge is -2.02.